The van der Waals surface area contributed by atoms with E-state index in [0.29, 0.717) is 5.75 Å². The summed E-state index contributed by atoms with van der Waals surface area (Å²) in [5, 5.41) is 0. The number of hydrogen-bond donors (Lipinski definition) is 0. The van der Waals surface area contributed by atoms with Gasteiger partial charge in [0, 0.05) is 11.8 Å². The van der Waals surface area contributed by atoms with Gasteiger partial charge in [-0.25, -0.2) is 9.18 Å². The molecule has 1 heterocycles. The molecule has 144 valence electrons. The highest BCUT2D eigenvalue weighted by molar-refractivity contribution is 5.91. The van der Waals surface area contributed by atoms with Crippen LogP contribution in [0.3, 0.4) is 0 Å². The van der Waals surface area contributed by atoms with Gasteiger partial charge in [0.25, 0.3) is 0 Å². The van der Waals surface area contributed by atoms with Crippen molar-refractivity contribution in [2.45, 2.75) is 39.5 Å². The molecule has 0 bridgehead atoms. The number of nitrogens with zero attached hydrogens (tertiary/aromatic N) is 1. The first kappa shape index (κ1) is 19.7. The van der Waals surface area contributed by atoms with Gasteiger partial charge in [-0.05, 0) is 66.4 Å². The van der Waals surface area contributed by atoms with E-state index >= 15 is 0 Å². The molecule has 0 aliphatic heterocycles. The maximum Gasteiger partial charge on any atom is 0.346 e. The second-order valence-corrected chi connectivity index (χ2v) is 6.78. The summed E-state index contributed by atoms with van der Waals surface area (Å²) >= 11 is 0. The predicted octanol–water partition coefficient (Wildman–Crippen LogP) is 6.01. The monoisotopic (exact) mass is 377 g/mol. The molecule has 0 aliphatic rings. The van der Waals surface area contributed by atoms with Crippen molar-refractivity contribution < 1.29 is 13.9 Å². The second kappa shape index (κ2) is 9.27. The third-order valence-corrected chi connectivity index (χ3v) is 4.52. The summed E-state index contributed by atoms with van der Waals surface area (Å²) in [5.41, 5.74) is 3.81. The molecule has 3 nitrogen and oxygen atoms in total. The molecule has 0 fully saturated rings. The average Bonchev–Trinajstić information content (AvgIpc) is 2.70. The number of rotatable bonds is 7. The first-order valence-corrected chi connectivity index (χ1v) is 9.66. The van der Waals surface area contributed by atoms with Crippen LogP contribution in [0.15, 0.2) is 60.8 Å². The van der Waals surface area contributed by atoms with E-state index in [0.717, 1.165) is 42.5 Å². The number of hydrogen-bond acceptors (Lipinski definition) is 3. The average molecular weight is 377 g/mol. The fourth-order valence-electron chi connectivity index (χ4n) is 3.06. The van der Waals surface area contributed by atoms with Crippen molar-refractivity contribution in [1.29, 1.82) is 0 Å². The zero-order valence-corrected chi connectivity index (χ0v) is 16.2. The molecule has 3 rings (SSSR count). The summed E-state index contributed by atoms with van der Waals surface area (Å²) in [6.45, 7) is 4.16. The number of esters is 1. The smallest absolute Gasteiger partial charge is 0.346 e. The molecule has 0 saturated carbocycles. The molecule has 4 heteroatoms. The molecule has 28 heavy (non-hydrogen) atoms. The van der Waals surface area contributed by atoms with E-state index in [9.17, 15) is 9.18 Å². The van der Waals surface area contributed by atoms with Crippen molar-refractivity contribution in [2.24, 2.45) is 0 Å². The Morgan fingerprint density at radius 3 is 2.21 bits per heavy atom. The van der Waals surface area contributed by atoms with Crippen molar-refractivity contribution in [3.05, 3.63) is 83.3 Å². The maximum atomic E-state index is 14.2. The minimum absolute atomic E-state index is 0.0582. The van der Waals surface area contributed by atoms with Crippen LogP contribution in [0.2, 0.25) is 0 Å². The number of aromatic nitrogens is 1. The van der Waals surface area contributed by atoms with E-state index in [1.165, 1.54) is 17.7 Å². The van der Waals surface area contributed by atoms with Gasteiger partial charge >= 0.3 is 5.97 Å². The van der Waals surface area contributed by atoms with Gasteiger partial charge in [0.1, 0.15) is 11.6 Å². The van der Waals surface area contributed by atoms with Crippen molar-refractivity contribution in [3.8, 4) is 17.0 Å². The van der Waals surface area contributed by atoms with Crippen LogP contribution in [0.25, 0.3) is 11.3 Å². The molecule has 0 unspecified atom stereocenters. The highest BCUT2D eigenvalue weighted by Crippen LogP contribution is 2.22. The van der Waals surface area contributed by atoms with E-state index in [1.54, 1.807) is 18.2 Å². The first-order valence-electron chi connectivity index (χ1n) is 9.66. The van der Waals surface area contributed by atoms with Gasteiger partial charge < -0.3 is 4.74 Å². The van der Waals surface area contributed by atoms with Gasteiger partial charge in [-0.15, -0.1) is 0 Å². The van der Waals surface area contributed by atoms with Crippen LogP contribution in [-0.4, -0.2) is 11.0 Å². The third kappa shape index (κ3) is 4.83. The Balaban J connectivity index is 1.69. The Hall–Kier alpha value is -3.01. The SMILES string of the molecule is CCCc1ccc(-c2ccc(OC(=O)c3ccc(CCC)cc3F)cc2)nc1. The Morgan fingerprint density at radius 2 is 1.61 bits per heavy atom. The Labute approximate surface area is 165 Å². The zero-order chi connectivity index (χ0) is 19.9. The van der Waals surface area contributed by atoms with Crippen LogP contribution in [0, 0.1) is 5.82 Å². The third-order valence-electron chi connectivity index (χ3n) is 4.52. The van der Waals surface area contributed by atoms with E-state index in [2.05, 4.69) is 18.0 Å². The molecule has 0 saturated heterocycles. The van der Waals surface area contributed by atoms with Crippen LogP contribution in [-0.2, 0) is 12.8 Å². The molecule has 2 aromatic carbocycles. The number of carbonyl (C=O) groups is 1. The van der Waals surface area contributed by atoms with Gasteiger partial charge in [-0.2, -0.15) is 0 Å². The van der Waals surface area contributed by atoms with E-state index < -0.39 is 11.8 Å². The van der Waals surface area contributed by atoms with Crippen LogP contribution < -0.4 is 4.74 Å². The largest absolute Gasteiger partial charge is 0.423 e. The Morgan fingerprint density at radius 1 is 0.929 bits per heavy atom. The maximum absolute atomic E-state index is 14.2. The minimum Gasteiger partial charge on any atom is -0.423 e. The molecular weight excluding hydrogens is 353 g/mol. The number of pyridine rings is 1. The second-order valence-electron chi connectivity index (χ2n) is 6.78. The quantitative estimate of drug-likeness (QED) is 0.374. The van der Waals surface area contributed by atoms with Crippen LogP contribution >= 0.6 is 0 Å². The molecule has 0 aliphatic carbocycles. The Bertz CT molecular complexity index is 934. The summed E-state index contributed by atoms with van der Waals surface area (Å²) in [5.74, 6) is -0.882. The van der Waals surface area contributed by atoms with Gasteiger partial charge in [-0.1, -0.05) is 38.8 Å². The topological polar surface area (TPSA) is 39.2 Å². The molecule has 0 radical (unpaired) electrons. The standard InChI is InChI=1S/C24H24FNO2/c1-3-5-17-7-13-21(22(25)15-17)24(27)28-20-11-9-19(10-12-20)23-14-8-18(6-4-2)16-26-23/h7-16H,3-6H2,1-2H3. The van der Waals surface area contributed by atoms with E-state index in [1.807, 2.05) is 31.3 Å². The first-order chi connectivity index (χ1) is 13.6. The summed E-state index contributed by atoms with van der Waals surface area (Å²) in [7, 11) is 0. The summed E-state index contributed by atoms with van der Waals surface area (Å²) in [6.07, 6.45) is 5.69. The number of carbonyl (C=O) groups excluding carboxylic acids is 1. The summed E-state index contributed by atoms with van der Waals surface area (Å²) in [6, 6.07) is 15.8. The van der Waals surface area contributed by atoms with Crippen molar-refractivity contribution in [3.63, 3.8) is 0 Å². The number of aryl methyl sites for hydroxylation is 2. The zero-order valence-electron chi connectivity index (χ0n) is 16.2. The minimum atomic E-state index is -0.699. The summed E-state index contributed by atoms with van der Waals surface area (Å²) < 4.78 is 19.5. The highest BCUT2D eigenvalue weighted by Gasteiger charge is 2.15. The van der Waals surface area contributed by atoms with E-state index in [4.69, 9.17) is 4.74 Å². The highest BCUT2D eigenvalue weighted by atomic mass is 19.1. The van der Waals surface area contributed by atoms with Gasteiger partial charge in [0.05, 0.1) is 11.3 Å². The van der Waals surface area contributed by atoms with Crippen LogP contribution in [0.5, 0.6) is 5.75 Å². The lowest BCUT2D eigenvalue weighted by Crippen LogP contribution is -2.11. The van der Waals surface area contributed by atoms with Crippen molar-refractivity contribution in [1.82, 2.24) is 4.98 Å². The molecule has 1 aromatic heterocycles. The van der Waals surface area contributed by atoms with Crippen LogP contribution in [0.1, 0.15) is 48.2 Å². The van der Waals surface area contributed by atoms with Crippen molar-refractivity contribution in [2.75, 3.05) is 0 Å². The lowest BCUT2D eigenvalue weighted by Gasteiger charge is -2.08. The number of halogens is 1. The molecule has 0 amide bonds. The lowest BCUT2D eigenvalue weighted by atomic mass is 10.1. The number of ether oxygens (including phenoxy) is 1. The molecular formula is C24H24FNO2. The van der Waals surface area contributed by atoms with Gasteiger partial charge in [-0.3, -0.25) is 4.98 Å². The van der Waals surface area contributed by atoms with Crippen LogP contribution in [0.4, 0.5) is 4.39 Å². The van der Waals surface area contributed by atoms with E-state index in [-0.39, 0.29) is 5.56 Å². The summed E-state index contributed by atoms with van der Waals surface area (Å²) in [4.78, 5) is 16.8. The molecule has 0 N–H and O–H groups in total. The predicted molar refractivity (Wildman–Crippen MR) is 109 cm³/mol. The van der Waals surface area contributed by atoms with Gasteiger partial charge in [0.2, 0.25) is 0 Å². The molecule has 0 atom stereocenters. The molecule has 0 spiro atoms. The van der Waals surface area contributed by atoms with Gasteiger partial charge in [0.15, 0.2) is 0 Å². The fourth-order valence-corrected chi connectivity index (χ4v) is 3.06. The normalized spacial score (nSPS) is 10.7. The lowest BCUT2D eigenvalue weighted by molar-refractivity contribution is 0.0730. The number of benzene rings is 2. The fraction of sp³-hybridized carbons (Fsp3) is 0.250. The Kier molecular flexibility index (Phi) is 6.53. The molecule has 3 aromatic rings. The van der Waals surface area contributed by atoms with Crippen molar-refractivity contribution >= 4 is 5.97 Å².